The maximum Gasteiger partial charge on any atom is 0.325 e. The fraction of sp³-hybridized carbons (Fsp3) is 0.333. The van der Waals surface area contributed by atoms with Gasteiger partial charge in [0, 0.05) is 5.69 Å². The molecule has 6 heteroatoms. The number of rotatable bonds is 4. The van der Waals surface area contributed by atoms with Gasteiger partial charge in [0.25, 0.3) is 0 Å². The van der Waals surface area contributed by atoms with E-state index in [1.165, 1.54) is 12.1 Å². The molecule has 0 aliphatic rings. The second-order valence-corrected chi connectivity index (χ2v) is 3.57. The van der Waals surface area contributed by atoms with E-state index in [0.29, 0.717) is 5.69 Å². The number of benzene rings is 1. The van der Waals surface area contributed by atoms with E-state index in [-0.39, 0.29) is 13.2 Å². The molecule has 0 aliphatic heterocycles. The van der Waals surface area contributed by atoms with Gasteiger partial charge < -0.3 is 15.4 Å². The van der Waals surface area contributed by atoms with Crippen LogP contribution in [0.5, 0.6) is 0 Å². The lowest BCUT2D eigenvalue weighted by molar-refractivity contribution is -0.141. The first-order valence-corrected chi connectivity index (χ1v) is 5.49. The quantitative estimate of drug-likeness (QED) is 0.805. The maximum atomic E-state index is 13.0. The number of esters is 1. The number of hydrogen-bond acceptors (Lipinski definition) is 3. The van der Waals surface area contributed by atoms with Gasteiger partial charge in [0.2, 0.25) is 0 Å². The maximum absolute atomic E-state index is 13.0. The molecule has 2 amide bonds. The first-order valence-electron chi connectivity index (χ1n) is 5.49. The highest BCUT2D eigenvalue weighted by atomic mass is 19.1. The molecule has 0 unspecified atom stereocenters. The van der Waals surface area contributed by atoms with Crippen LogP contribution >= 0.6 is 0 Å². The van der Waals surface area contributed by atoms with E-state index in [0.717, 1.165) is 5.56 Å². The zero-order valence-corrected chi connectivity index (χ0v) is 10.2. The molecule has 0 saturated heterocycles. The van der Waals surface area contributed by atoms with E-state index < -0.39 is 17.8 Å². The molecule has 1 aromatic carbocycles. The molecule has 0 heterocycles. The smallest absolute Gasteiger partial charge is 0.325 e. The van der Waals surface area contributed by atoms with Crippen molar-refractivity contribution in [1.29, 1.82) is 0 Å². The van der Waals surface area contributed by atoms with Crippen molar-refractivity contribution in [1.82, 2.24) is 5.32 Å². The molecule has 1 rings (SSSR count). The Labute approximate surface area is 104 Å². The first-order chi connectivity index (χ1) is 8.52. The molecule has 0 aliphatic carbocycles. The normalized spacial score (nSPS) is 9.72. The number of carbonyl (C=O) groups is 2. The van der Waals surface area contributed by atoms with Crippen LogP contribution in [0, 0.1) is 12.7 Å². The third-order valence-electron chi connectivity index (χ3n) is 2.15. The zero-order chi connectivity index (χ0) is 13.5. The molecular weight excluding hydrogens is 239 g/mol. The summed E-state index contributed by atoms with van der Waals surface area (Å²) >= 11 is 0. The Balaban J connectivity index is 2.49. The van der Waals surface area contributed by atoms with E-state index in [2.05, 4.69) is 15.4 Å². The van der Waals surface area contributed by atoms with Gasteiger partial charge >= 0.3 is 12.0 Å². The number of urea groups is 1. The highest BCUT2D eigenvalue weighted by molar-refractivity contribution is 5.92. The second kappa shape index (κ2) is 6.58. The molecule has 0 bridgehead atoms. The van der Waals surface area contributed by atoms with Crippen molar-refractivity contribution < 1.29 is 18.7 Å². The summed E-state index contributed by atoms with van der Waals surface area (Å²) in [6.45, 7) is 3.44. The summed E-state index contributed by atoms with van der Waals surface area (Å²) in [5.74, 6) is -0.968. The zero-order valence-electron chi connectivity index (χ0n) is 10.2. The van der Waals surface area contributed by atoms with Crippen LogP contribution in [0.25, 0.3) is 0 Å². The van der Waals surface area contributed by atoms with Crippen LogP contribution in [0.4, 0.5) is 14.9 Å². The lowest BCUT2D eigenvalue weighted by Crippen LogP contribution is -2.34. The topological polar surface area (TPSA) is 67.4 Å². The molecular formula is C12H15FN2O3. The number of ether oxygens (including phenoxy) is 1. The summed E-state index contributed by atoms with van der Waals surface area (Å²) < 4.78 is 17.6. The predicted octanol–water partition coefficient (Wildman–Crippen LogP) is 1.82. The summed E-state index contributed by atoms with van der Waals surface area (Å²) in [6.07, 6.45) is 0. The largest absolute Gasteiger partial charge is 0.465 e. The van der Waals surface area contributed by atoms with Crippen LogP contribution in [0.1, 0.15) is 12.5 Å². The van der Waals surface area contributed by atoms with Crippen LogP contribution in [0.2, 0.25) is 0 Å². The minimum Gasteiger partial charge on any atom is -0.465 e. The van der Waals surface area contributed by atoms with Crippen molar-refractivity contribution >= 4 is 17.7 Å². The molecule has 0 fully saturated rings. The highest BCUT2D eigenvalue weighted by Crippen LogP contribution is 2.15. The van der Waals surface area contributed by atoms with Gasteiger partial charge in [-0.2, -0.15) is 0 Å². The predicted molar refractivity (Wildman–Crippen MR) is 64.8 cm³/mol. The summed E-state index contributed by atoms with van der Waals surface area (Å²) in [5.41, 5.74) is 1.08. The molecule has 0 radical (unpaired) electrons. The van der Waals surface area contributed by atoms with E-state index in [4.69, 9.17) is 0 Å². The van der Waals surface area contributed by atoms with Crippen LogP contribution < -0.4 is 10.6 Å². The number of nitrogens with one attached hydrogen (secondary N) is 2. The van der Waals surface area contributed by atoms with Crippen LogP contribution in [0.3, 0.4) is 0 Å². The Hall–Kier alpha value is -2.11. The Morgan fingerprint density at radius 2 is 2.11 bits per heavy atom. The molecule has 2 N–H and O–H groups in total. The minimum absolute atomic E-state index is 0.228. The lowest BCUT2D eigenvalue weighted by Gasteiger charge is -2.09. The standard InChI is InChI=1S/C12H15FN2O3/c1-3-18-11(16)7-14-12(17)15-10-6-9(13)5-4-8(10)2/h4-6H,3,7H2,1-2H3,(H2,14,15,17). The van der Waals surface area contributed by atoms with E-state index in [9.17, 15) is 14.0 Å². The molecule has 5 nitrogen and oxygen atoms in total. The van der Waals surface area contributed by atoms with Gasteiger partial charge in [0.1, 0.15) is 12.4 Å². The first kappa shape index (κ1) is 14.0. The number of carbonyl (C=O) groups excluding carboxylic acids is 2. The summed E-state index contributed by atoms with van der Waals surface area (Å²) in [7, 11) is 0. The van der Waals surface area contributed by atoms with Crippen molar-refractivity contribution in [2.75, 3.05) is 18.5 Å². The number of aryl methyl sites for hydroxylation is 1. The van der Waals surface area contributed by atoms with Crippen molar-refractivity contribution in [3.05, 3.63) is 29.6 Å². The minimum atomic E-state index is -0.586. The fourth-order valence-corrected chi connectivity index (χ4v) is 1.26. The van der Waals surface area contributed by atoms with E-state index in [1.54, 1.807) is 19.9 Å². The number of amides is 2. The van der Waals surface area contributed by atoms with Gasteiger partial charge in [-0.3, -0.25) is 4.79 Å². The van der Waals surface area contributed by atoms with Crippen LogP contribution in [-0.4, -0.2) is 25.2 Å². The monoisotopic (exact) mass is 254 g/mol. The third kappa shape index (κ3) is 4.40. The third-order valence-corrected chi connectivity index (χ3v) is 2.15. The SMILES string of the molecule is CCOC(=O)CNC(=O)Nc1cc(F)ccc1C. The second-order valence-electron chi connectivity index (χ2n) is 3.57. The van der Waals surface area contributed by atoms with Crippen molar-refractivity contribution in [3.63, 3.8) is 0 Å². The molecule has 0 atom stereocenters. The molecule has 0 aromatic heterocycles. The fourth-order valence-electron chi connectivity index (χ4n) is 1.26. The Kier molecular flexibility index (Phi) is 5.10. The van der Waals surface area contributed by atoms with Crippen molar-refractivity contribution in [2.45, 2.75) is 13.8 Å². The summed E-state index contributed by atoms with van der Waals surface area (Å²) in [6, 6.07) is 3.48. The Bertz CT molecular complexity index is 449. The molecule has 18 heavy (non-hydrogen) atoms. The summed E-state index contributed by atoms with van der Waals surface area (Å²) in [4.78, 5) is 22.4. The molecule has 0 saturated carbocycles. The number of hydrogen-bond donors (Lipinski definition) is 2. The van der Waals surface area contributed by atoms with E-state index >= 15 is 0 Å². The molecule has 1 aromatic rings. The molecule has 98 valence electrons. The van der Waals surface area contributed by atoms with Gasteiger partial charge in [-0.25, -0.2) is 9.18 Å². The molecule has 0 spiro atoms. The van der Waals surface area contributed by atoms with Gasteiger partial charge in [-0.05, 0) is 31.5 Å². The number of anilines is 1. The lowest BCUT2D eigenvalue weighted by atomic mass is 10.2. The van der Waals surface area contributed by atoms with Gasteiger partial charge in [0.05, 0.1) is 6.61 Å². The van der Waals surface area contributed by atoms with Gasteiger partial charge in [0.15, 0.2) is 0 Å². The van der Waals surface area contributed by atoms with Gasteiger partial charge in [-0.15, -0.1) is 0 Å². The highest BCUT2D eigenvalue weighted by Gasteiger charge is 2.07. The van der Waals surface area contributed by atoms with Gasteiger partial charge in [-0.1, -0.05) is 6.07 Å². The average molecular weight is 254 g/mol. The van der Waals surface area contributed by atoms with Crippen LogP contribution in [-0.2, 0) is 9.53 Å². The van der Waals surface area contributed by atoms with E-state index in [1.807, 2.05) is 0 Å². The van der Waals surface area contributed by atoms with Crippen LogP contribution in [0.15, 0.2) is 18.2 Å². The number of halogens is 1. The van der Waals surface area contributed by atoms with Crippen molar-refractivity contribution in [3.8, 4) is 0 Å². The average Bonchev–Trinajstić information content (AvgIpc) is 2.32. The Morgan fingerprint density at radius 3 is 2.78 bits per heavy atom. The summed E-state index contributed by atoms with van der Waals surface area (Å²) in [5, 5.41) is 4.77. The van der Waals surface area contributed by atoms with Crippen molar-refractivity contribution in [2.24, 2.45) is 0 Å². The Morgan fingerprint density at radius 1 is 1.39 bits per heavy atom.